The Balaban J connectivity index is 4.30. The van der Waals surface area contributed by atoms with Crippen molar-refractivity contribution in [3.8, 4) is 0 Å². The van der Waals surface area contributed by atoms with E-state index in [-0.39, 0.29) is 31.1 Å². The lowest BCUT2D eigenvalue weighted by atomic mass is 10.0. The van der Waals surface area contributed by atoms with Crippen LogP contribution in [0.15, 0.2) is 0 Å². The van der Waals surface area contributed by atoms with E-state index in [4.69, 9.17) is 14.2 Å². The van der Waals surface area contributed by atoms with Crippen LogP contribution in [0, 0.1) is 11.8 Å². The zero-order chi connectivity index (χ0) is 41.2. The molecule has 0 aromatic heterocycles. The minimum atomic E-state index is -0.760. The Morgan fingerprint density at radius 1 is 0.339 bits per heavy atom. The predicted molar refractivity (Wildman–Crippen MR) is 238 cm³/mol. The molecule has 0 N–H and O–H groups in total. The van der Waals surface area contributed by atoms with Gasteiger partial charge in [-0.3, -0.25) is 14.4 Å². The molecule has 0 heterocycles. The van der Waals surface area contributed by atoms with Crippen LogP contribution in [0.1, 0.15) is 272 Å². The van der Waals surface area contributed by atoms with Gasteiger partial charge in [0.2, 0.25) is 0 Å². The van der Waals surface area contributed by atoms with Crippen molar-refractivity contribution in [3.63, 3.8) is 0 Å². The van der Waals surface area contributed by atoms with Crippen molar-refractivity contribution in [2.75, 3.05) is 13.2 Å². The molecule has 0 aromatic rings. The maximum atomic E-state index is 12.7. The first-order valence-corrected chi connectivity index (χ1v) is 24.7. The number of carbonyl (C=O) groups excluding carboxylic acids is 3. The molecule has 0 radical (unpaired) electrons. The molecule has 56 heavy (non-hydrogen) atoms. The van der Waals surface area contributed by atoms with Crippen LogP contribution in [-0.2, 0) is 28.6 Å². The second-order valence-corrected chi connectivity index (χ2v) is 18.1. The lowest BCUT2D eigenvalue weighted by Crippen LogP contribution is -2.30. The molecule has 0 saturated carbocycles. The van der Waals surface area contributed by atoms with Crippen molar-refractivity contribution in [1.29, 1.82) is 0 Å². The highest BCUT2D eigenvalue weighted by molar-refractivity contribution is 5.71. The molecule has 0 fully saturated rings. The lowest BCUT2D eigenvalue weighted by Gasteiger charge is -2.18. The second-order valence-electron chi connectivity index (χ2n) is 18.1. The van der Waals surface area contributed by atoms with Crippen molar-refractivity contribution in [3.05, 3.63) is 0 Å². The van der Waals surface area contributed by atoms with Gasteiger partial charge in [-0.1, -0.05) is 234 Å². The molecular formula is C50H96O6. The maximum absolute atomic E-state index is 12.7. The van der Waals surface area contributed by atoms with Crippen LogP contribution < -0.4 is 0 Å². The van der Waals surface area contributed by atoms with Gasteiger partial charge in [0, 0.05) is 19.3 Å². The van der Waals surface area contributed by atoms with Gasteiger partial charge in [-0.15, -0.1) is 0 Å². The van der Waals surface area contributed by atoms with Gasteiger partial charge >= 0.3 is 17.9 Å². The number of carbonyl (C=O) groups is 3. The highest BCUT2D eigenvalue weighted by Crippen LogP contribution is 2.17. The standard InChI is InChI=1S/C50H96O6/c1-6-7-8-9-10-11-14-21-27-32-37-42-50(53)56-47(44-55-49(52)41-36-31-26-22-17-19-24-29-34-39-46(4)5)43-54-48(51)40-35-30-25-20-16-13-12-15-18-23-28-33-38-45(2)3/h45-47H,6-44H2,1-5H3/t47-/m0/s1. The summed E-state index contributed by atoms with van der Waals surface area (Å²) in [7, 11) is 0. The third-order valence-electron chi connectivity index (χ3n) is 11.2. The fourth-order valence-electron chi connectivity index (χ4n) is 7.46. The first-order valence-electron chi connectivity index (χ1n) is 24.7. The van der Waals surface area contributed by atoms with Crippen molar-refractivity contribution < 1.29 is 28.6 Å². The quantitative estimate of drug-likeness (QED) is 0.0347. The van der Waals surface area contributed by atoms with E-state index < -0.39 is 6.10 Å². The normalized spacial score (nSPS) is 12.1. The molecule has 0 spiro atoms. The SMILES string of the molecule is CCCCCCCCCCCCCC(=O)O[C@@H](COC(=O)CCCCCCCCCCCCCCC(C)C)COC(=O)CCCCCCCCCCCC(C)C. The molecule has 0 amide bonds. The molecule has 0 aliphatic rings. The molecule has 6 heteroatoms. The molecule has 1 atom stereocenters. The summed E-state index contributed by atoms with van der Waals surface area (Å²) < 4.78 is 16.8. The fourth-order valence-corrected chi connectivity index (χ4v) is 7.46. The van der Waals surface area contributed by atoms with E-state index in [1.165, 1.54) is 161 Å². The van der Waals surface area contributed by atoms with Gasteiger partial charge in [0.05, 0.1) is 0 Å². The summed E-state index contributed by atoms with van der Waals surface area (Å²) in [6, 6.07) is 0. The van der Waals surface area contributed by atoms with Crippen molar-refractivity contribution in [2.24, 2.45) is 11.8 Å². The van der Waals surface area contributed by atoms with Gasteiger partial charge in [0.25, 0.3) is 0 Å². The number of ether oxygens (including phenoxy) is 3. The molecular weight excluding hydrogens is 697 g/mol. The summed E-state index contributed by atoms with van der Waals surface area (Å²) in [6.45, 7) is 11.3. The molecule has 0 rings (SSSR count). The largest absolute Gasteiger partial charge is 0.462 e. The predicted octanol–water partition coefficient (Wildman–Crippen LogP) is 15.8. The number of hydrogen-bond donors (Lipinski definition) is 0. The van der Waals surface area contributed by atoms with Crippen LogP contribution in [0.5, 0.6) is 0 Å². The van der Waals surface area contributed by atoms with E-state index in [1.54, 1.807) is 0 Å². The van der Waals surface area contributed by atoms with E-state index in [2.05, 4.69) is 34.6 Å². The Morgan fingerprint density at radius 3 is 0.875 bits per heavy atom. The van der Waals surface area contributed by atoms with Gasteiger partial charge in [-0.25, -0.2) is 0 Å². The second kappa shape index (κ2) is 43.0. The van der Waals surface area contributed by atoms with E-state index in [0.717, 1.165) is 69.6 Å². The highest BCUT2D eigenvalue weighted by atomic mass is 16.6. The Kier molecular flexibility index (Phi) is 41.8. The molecule has 0 aliphatic carbocycles. The first-order chi connectivity index (χ1) is 27.2. The van der Waals surface area contributed by atoms with Crippen molar-refractivity contribution >= 4 is 17.9 Å². The van der Waals surface area contributed by atoms with Gasteiger partial charge < -0.3 is 14.2 Å². The summed E-state index contributed by atoms with van der Waals surface area (Å²) in [4.78, 5) is 37.8. The zero-order valence-corrected chi connectivity index (χ0v) is 38.3. The van der Waals surface area contributed by atoms with E-state index >= 15 is 0 Å². The van der Waals surface area contributed by atoms with E-state index in [1.807, 2.05) is 0 Å². The van der Waals surface area contributed by atoms with Crippen LogP contribution in [0.4, 0.5) is 0 Å². The number of esters is 3. The van der Waals surface area contributed by atoms with Crippen LogP contribution in [0.2, 0.25) is 0 Å². The fraction of sp³-hybridized carbons (Fsp3) is 0.940. The smallest absolute Gasteiger partial charge is 0.306 e. The minimum Gasteiger partial charge on any atom is -0.462 e. The third kappa shape index (κ3) is 43.5. The lowest BCUT2D eigenvalue weighted by molar-refractivity contribution is -0.167. The molecule has 0 bridgehead atoms. The Morgan fingerprint density at radius 2 is 0.589 bits per heavy atom. The molecule has 6 nitrogen and oxygen atoms in total. The Hall–Kier alpha value is -1.59. The zero-order valence-electron chi connectivity index (χ0n) is 38.3. The molecule has 0 unspecified atom stereocenters. The Bertz CT molecular complexity index is 854. The minimum absolute atomic E-state index is 0.0642. The molecule has 332 valence electrons. The monoisotopic (exact) mass is 793 g/mol. The van der Waals surface area contributed by atoms with Crippen LogP contribution in [0.3, 0.4) is 0 Å². The summed E-state index contributed by atoms with van der Waals surface area (Å²) in [6.07, 6.45) is 42.3. The van der Waals surface area contributed by atoms with Crippen molar-refractivity contribution in [2.45, 2.75) is 278 Å². The summed E-state index contributed by atoms with van der Waals surface area (Å²) in [5.41, 5.74) is 0. The molecule has 0 aliphatic heterocycles. The Labute approximate surface area is 348 Å². The van der Waals surface area contributed by atoms with Crippen molar-refractivity contribution in [1.82, 2.24) is 0 Å². The van der Waals surface area contributed by atoms with Gasteiger partial charge in [0.1, 0.15) is 13.2 Å². The summed E-state index contributed by atoms with van der Waals surface area (Å²) in [5, 5.41) is 0. The summed E-state index contributed by atoms with van der Waals surface area (Å²) in [5.74, 6) is 0.790. The van der Waals surface area contributed by atoms with Gasteiger partial charge in [-0.2, -0.15) is 0 Å². The third-order valence-corrected chi connectivity index (χ3v) is 11.2. The average Bonchev–Trinajstić information content (AvgIpc) is 3.16. The number of unbranched alkanes of at least 4 members (excludes halogenated alkanes) is 29. The molecule has 0 saturated heterocycles. The number of hydrogen-bond acceptors (Lipinski definition) is 6. The van der Waals surface area contributed by atoms with E-state index in [0.29, 0.717) is 19.3 Å². The van der Waals surface area contributed by atoms with Gasteiger partial charge in [0.15, 0.2) is 6.10 Å². The topological polar surface area (TPSA) is 78.9 Å². The van der Waals surface area contributed by atoms with Crippen LogP contribution in [-0.4, -0.2) is 37.2 Å². The number of rotatable bonds is 44. The summed E-state index contributed by atoms with van der Waals surface area (Å²) >= 11 is 0. The van der Waals surface area contributed by atoms with Crippen LogP contribution >= 0.6 is 0 Å². The average molecular weight is 793 g/mol. The van der Waals surface area contributed by atoms with Gasteiger partial charge in [-0.05, 0) is 31.1 Å². The highest BCUT2D eigenvalue weighted by Gasteiger charge is 2.19. The first kappa shape index (κ1) is 54.4. The van der Waals surface area contributed by atoms with Crippen LogP contribution in [0.25, 0.3) is 0 Å². The molecule has 0 aromatic carbocycles. The van der Waals surface area contributed by atoms with E-state index in [9.17, 15) is 14.4 Å². The maximum Gasteiger partial charge on any atom is 0.306 e.